The van der Waals surface area contributed by atoms with Crippen molar-refractivity contribution in [2.24, 2.45) is 0 Å². The summed E-state index contributed by atoms with van der Waals surface area (Å²) < 4.78 is 67.2. The topological polar surface area (TPSA) is 145 Å². The minimum atomic E-state index is -4.64. The van der Waals surface area contributed by atoms with Gasteiger partial charge >= 0.3 is 11.9 Å². The van der Waals surface area contributed by atoms with Gasteiger partial charge in [0.1, 0.15) is 18.1 Å². The van der Waals surface area contributed by atoms with E-state index in [1.807, 2.05) is 6.92 Å². The first-order valence-corrected chi connectivity index (χ1v) is 13.9. The predicted molar refractivity (Wildman–Crippen MR) is 149 cm³/mol. The molecule has 1 aromatic carbocycles. The van der Waals surface area contributed by atoms with E-state index in [4.69, 9.17) is 0 Å². The highest BCUT2D eigenvalue weighted by atomic mass is 32.2. The molecule has 15 heteroatoms. The van der Waals surface area contributed by atoms with Crippen molar-refractivity contribution in [1.29, 1.82) is 0 Å². The fourth-order valence-electron chi connectivity index (χ4n) is 4.36. The maximum absolute atomic E-state index is 13.7. The molecule has 1 unspecified atom stereocenters. The molecule has 11 nitrogen and oxygen atoms in total. The van der Waals surface area contributed by atoms with Crippen LogP contribution in [0.4, 0.5) is 13.2 Å². The minimum Gasteiger partial charge on any atom is -0.345 e. The molecule has 4 aromatic heterocycles. The van der Waals surface area contributed by atoms with Gasteiger partial charge in [-0.1, -0.05) is 24.3 Å². The normalized spacial score (nSPS) is 13.0. The van der Waals surface area contributed by atoms with E-state index in [9.17, 15) is 31.2 Å². The van der Waals surface area contributed by atoms with Crippen molar-refractivity contribution >= 4 is 43.7 Å². The number of allylic oxidation sites excluding steroid dienone is 1. The number of halogens is 3. The molecular weight excluding hydrogens is 575 g/mol. The Bertz CT molecular complexity index is 2040. The third-order valence-electron chi connectivity index (χ3n) is 6.61. The van der Waals surface area contributed by atoms with E-state index < -0.39 is 40.4 Å². The molecule has 0 aliphatic carbocycles. The summed E-state index contributed by atoms with van der Waals surface area (Å²) in [5.74, 6) is -1.06. The molecule has 42 heavy (non-hydrogen) atoms. The third-order valence-corrected chi connectivity index (χ3v) is 8.27. The highest BCUT2D eigenvalue weighted by Gasteiger charge is 2.30. The van der Waals surface area contributed by atoms with Crippen LogP contribution in [0.15, 0.2) is 65.2 Å². The Morgan fingerprint density at radius 1 is 1.14 bits per heavy atom. The van der Waals surface area contributed by atoms with E-state index in [2.05, 4.69) is 26.5 Å². The van der Waals surface area contributed by atoms with Crippen LogP contribution < -0.4 is 11.0 Å². The fraction of sp³-hybridized carbons (Fsp3) is 0.222. The molecule has 0 saturated carbocycles. The second kappa shape index (κ2) is 10.2. The van der Waals surface area contributed by atoms with Crippen LogP contribution in [-0.2, 0) is 14.8 Å². The van der Waals surface area contributed by atoms with E-state index in [1.165, 1.54) is 37.6 Å². The first kappa shape index (κ1) is 28.7. The quantitative estimate of drug-likeness (QED) is 0.288. The SMILES string of the molecule is C=C(C)c1cnc2c(c1)c(-c1ncc3[nH]c(=O)n(C(C)C(=O)NCC(F)(F)F)c3n1)cn2S(=O)(=O)c1ccc(C)cc1. The standard InChI is InChI=1S/C27H24F3N7O4S/c1-14(2)17-9-19-20(12-36(23(19)32-10-17)42(40,41)18-7-5-15(3)6-8-18)22-31-11-21-24(35-22)37(26(39)34-21)16(4)25(38)33-13-27(28,29)30/h5-12,16H,1,13H2,2-4H3,(H,33,38)(H,34,39). The maximum atomic E-state index is 13.7. The molecule has 4 heterocycles. The van der Waals surface area contributed by atoms with Crippen molar-refractivity contribution < 1.29 is 26.4 Å². The molecule has 0 bridgehead atoms. The Hall–Kier alpha value is -4.79. The number of carbonyl (C=O) groups excluding carboxylic acids is 1. The van der Waals surface area contributed by atoms with Gasteiger partial charge in [-0.25, -0.2) is 32.1 Å². The van der Waals surface area contributed by atoms with Gasteiger partial charge in [-0.05, 0) is 50.1 Å². The molecule has 218 valence electrons. The summed E-state index contributed by atoms with van der Waals surface area (Å²) in [6.45, 7) is 7.19. The Morgan fingerprint density at radius 2 is 1.83 bits per heavy atom. The van der Waals surface area contributed by atoms with Crippen LogP contribution in [0.25, 0.3) is 39.2 Å². The number of imidazole rings is 1. The van der Waals surface area contributed by atoms with Gasteiger partial charge in [0.15, 0.2) is 17.1 Å². The van der Waals surface area contributed by atoms with Crippen LogP contribution in [0, 0.1) is 6.92 Å². The monoisotopic (exact) mass is 599 g/mol. The zero-order chi connectivity index (χ0) is 30.6. The molecule has 0 aliphatic rings. The first-order valence-electron chi connectivity index (χ1n) is 12.5. The van der Waals surface area contributed by atoms with Gasteiger partial charge in [-0.2, -0.15) is 13.2 Å². The Kier molecular flexibility index (Phi) is 7.00. The molecule has 2 N–H and O–H groups in total. The number of amides is 1. The van der Waals surface area contributed by atoms with Crippen LogP contribution in [-0.4, -0.2) is 55.5 Å². The van der Waals surface area contributed by atoms with E-state index in [-0.39, 0.29) is 33.1 Å². The van der Waals surface area contributed by atoms with Gasteiger partial charge in [0, 0.05) is 23.3 Å². The van der Waals surface area contributed by atoms with Gasteiger partial charge in [-0.3, -0.25) is 9.36 Å². The van der Waals surface area contributed by atoms with Crippen LogP contribution in [0.5, 0.6) is 0 Å². The summed E-state index contributed by atoms with van der Waals surface area (Å²) >= 11 is 0. The number of benzene rings is 1. The number of hydrogen-bond donors (Lipinski definition) is 2. The molecule has 0 aliphatic heterocycles. The lowest BCUT2D eigenvalue weighted by Crippen LogP contribution is -2.39. The number of aryl methyl sites for hydroxylation is 1. The summed E-state index contributed by atoms with van der Waals surface area (Å²) in [5, 5.41) is 2.13. The second-order valence-electron chi connectivity index (χ2n) is 9.77. The summed E-state index contributed by atoms with van der Waals surface area (Å²) in [4.78, 5) is 40.8. The second-order valence-corrected chi connectivity index (χ2v) is 11.6. The van der Waals surface area contributed by atoms with E-state index in [1.54, 1.807) is 30.4 Å². The number of nitrogens with one attached hydrogen (secondary N) is 2. The zero-order valence-electron chi connectivity index (χ0n) is 22.5. The van der Waals surface area contributed by atoms with Gasteiger partial charge in [0.25, 0.3) is 10.0 Å². The van der Waals surface area contributed by atoms with Crippen molar-refractivity contribution in [2.75, 3.05) is 6.54 Å². The van der Waals surface area contributed by atoms with Gasteiger partial charge in [-0.15, -0.1) is 0 Å². The highest BCUT2D eigenvalue weighted by molar-refractivity contribution is 7.90. The molecule has 0 spiro atoms. The van der Waals surface area contributed by atoms with Crippen molar-refractivity contribution in [2.45, 2.75) is 37.9 Å². The van der Waals surface area contributed by atoms with E-state index in [0.29, 0.717) is 16.5 Å². The summed E-state index contributed by atoms with van der Waals surface area (Å²) in [6, 6.07) is 6.61. The van der Waals surface area contributed by atoms with Gasteiger partial charge in [0.2, 0.25) is 5.91 Å². The number of rotatable bonds is 7. The van der Waals surface area contributed by atoms with E-state index >= 15 is 0 Å². The summed E-state index contributed by atoms with van der Waals surface area (Å²) in [6.07, 6.45) is -0.571. The lowest BCUT2D eigenvalue weighted by Gasteiger charge is -2.14. The number of aromatic amines is 1. The molecule has 5 rings (SSSR count). The number of hydrogen-bond acceptors (Lipinski definition) is 7. The van der Waals surface area contributed by atoms with Gasteiger partial charge in [0.05, 0.1) is 11.1 Å². The number of H-pyrrole nitrogens is 1. The smallest absolute Gasteiger partial charge is 0.345 e. The predicted octanol–water partition coefficient (Wildman–Crippen LogP) is 3.95. The molecular formula is C27H24F3N7O4S. The maximum Gasteiger partial charge on any atom is 0.405 e. The Labute approximate surface area is 236 Å². The Balaban J connectivity index is 1.69. The minimum absolute atomic E-state index is 0.0123. The number of nitrogens with zero attached hydrogens (tertiary/aromatic N) is 5. The lowest BCUT2D eigenvalue weighted by atomic mass is 10.1. The van der Waals surface area contributed by atoms with Crippen molar-refractivity contribution in [1.82, 2.24) is 33.8 Å². The van der Waals surface area contributed by atoms with Gasteiger partial charge < -0.3 is 10.3 Å². The number of pyridine rings is 1. The average molecular weight is 600 g/mol. The fourth-order valence-corrected chi connectivity index (χ4v) is 5.68. The van der Waals surface area contributed by atoms with Crippen LogP contribution in [0.1, 0.15) is 31.0 Å². The molecule has 5 aromatic rings. The summed E-state index contributed by atoms with van der Waals surface area (Å²) in [7, 11) is -4.12. The molecule has 0 radical (unpaired) electrons. The van der Waals surface area contributed by atoms with Crippen molar-refractivity contribution in [3.8, 4) is 11.4 Å². The van der Waals surface area contributed by atoms with E-state index in [0.717, 1.165) is 14.1 Å². The number of carbonyl (C=O) groups is 1. The van der Waals surface area contributed by atoms with Crippen LogP contribution in [0.3, 0.4) is 0 Å². The molecule has 1 atom stereocenters. The highest BCUT2D eigenvalue weighted by Crippen LogP contribution is 2.32. The number of alkyl halides is 3. The zero-order valence-corrected chi connectivity index (χ0v) is 23.3. The lowest BCUT2D eigenvalue weighted by molar-refractivity contribution is -0.140. The first-order chi connectivity index (χ1) is 19.7. The van der Waals surface area contributed by atoms with Crippen molar-refractivity contribution in [3.05, 3.63) is 77.1 Å². The Morgan fingerprint density at radius 3 is 2.48 bits per heavy atom. The van der Waals surface area contributed by atoms with Crippen LogP contribution in [0.2, 0.25) is 0 Å². The molecule has 1 amide bonds. The molecule has 0 saturated heterocycles. The number of aromatic nitrogens is 6. The number of fused-ring (bicyclic) bond motifs is 2. The van der Waals surface area contributed by atoms with Crippen LogP contribution >= 0.6 is 0 Å². The summed E-state index contributed by atoms with van der Waals surface area (Å²) in [5.41, 5.74) is 1.77. The molecule has 0 fully saturated rings. The largest absolute Gasteiger partial charge is 0.405 e. The third kappa shape index (κ3) is 5.18. The van der Waals surface area contributed by atoms with Crippen molar-refractivity contribution in [3.63, 3.8) is 0 Å². The average Bonchev–Trinajstić information content (AvgIpc) is 3.47.